The molecule has 0 bridgehead atoms. The summed E-state index contributed by atoms with van der Waals surface area (Å²) < 4.78 is 11.2. The Morgan fingerprint density at radius 3 is 2.78 bits per heavy atom. The maximum Gasteiger partial charge on any atom is 0.162 e. The molecule has 0 saturated heterocycles. The summed E-state index contributed by atoms with van der Waals surface area (Å²) in [5.74, 6) is 2.13. The van der Waals surface area contributed by atoms with Gasteiger partial charge in [0.1, 0.15) is 0 Å². The highest BCUT2D eigenvalue weighted by atomic mass is 32.2. The summed E-state index contributed by atoms with van der Waals surface area (Å²) >= 11 is 1.57. The van der Waals surface area contributed by atoms with Crippen LogP contribution in [0, 0.1) is 0 Å². The molecule has 0 fully saturated rings. The van der Waals surface area contributed by atoms with Crippen molar-refractivity contribution < 1.29 is 14.6 Å². The molecule has 1 atom stereocenters. The normalized spacial score (nSPS) is 17.9. The second kappa shape index (κ2) is 5.82. The fourth-order valence-electron chi connectivity index (χ4n) is 1.53. The van der Waals surface area contributed by atoms with Gasteiger partial charge in [0, 0.05) is 23.6 Å². The third kappa shape index (κ3) is 3.54. The predicted octanol–water partition coefficient (Wildman–Crippen LogP) is 1.65. The van der Waals surface area contributed by atoms with E-state index in [-0.39, 0.29) is 6.54 Å². The highest BCUT2D eigenvalue weighted by molar-refractivity contribution is 7.99. The van der Waals surface area contributed by atoms with E-state index in [9.17, 15) is 5.11 Å². The quantitative estimate of drug-likeness (QED) is 0.814. The first kappa shape index (κ1) is 13.5. The van der Waals surface area contributed by atoms with Crippen LogP contribution in [0.5, 0.6) is 11.5 Å². The molecule has 1 aliphatic heterocycles. The third-order valence-corrected chi connectivity index (χ3v) is 4.06. The van der Waals surface area contributed by atoms with Gasteiger partial charge in [-0.1, -0.05) is 0 Å². The molecule has 1 aromatic carbocycles. The number of nitrogens with two attached hydrogens (primary N) is 1. The second-order valence-corrected chi connectivity index (χ2v) is 5.70. The first-order chi connectivity index (χ1) is 8.61. The van der Waals surface area contributed by atoms with Crippen LogP contribution < -0.4 is 15.2 Å². The lowest BCUT2D eigenvalue weighted by Gasteiger charge is -2.20. The van der Waals surface area contributed by atoms with E-state index in [1.54, 1.807) is 18.7 Å². The molecule has 100 valence electrons. The van der Waals surface area contributed by atoms with Gasteiger partial charge in [0.05, 0.1) is 18.8 Å². The van der Waals surface area contributed by atoms with Crippen molar-refractivity contribution in [2.75, 3.05) is 25.5 Å². The first-order valence-electron chi connectivity index (χ1n) is 6.06. The Kier molecular flexibility index (Phi) is 4.37. The molecular weight excluding hydrogens is 250 g/mol. The van der Waals surface area contributed by atoms with Gasteiger partial charge in [-0.25, -0.2) is 0 Å². The molecule has 3 N–H and O–H groups in total. The van der Waals surface area contributed by atoms with Gasteiger partial charge in [-0.05, 0) is 25.1 Å². The Hall–Kier alpha value is -0.910. The van der Waals surface area contributed by atoms with Gasteiger partial charge in [0.2, 0.25) is 0 Å². The average molecular weight is 269 g/mol. The summed E-state index contributed by atoms with van der Waals surface area (Å²) in [4.78, 5) is 1.05. The van der Waals surface area contributed by atoms with Gasteiger partial charge in [-0.2, -0.15) is 0 Å². The number of benzene rings is 1. The molecule has 2 rings (SSSR count). The Morgan fingerprint density at radius 1 is 1.33 bits per heavy atom. The molecule has 1 aromatic rings. The SMILES string of the molecule is CC(O)(CN)CSc1ccc2c(c1)OCCCO2. The Balaban J connectivity index is 2.04. The van der Waals surface area contributed by atoms with Crippen LogP contribution in [0.2, 0.25) is 0 Å². The molecule has 0 spiro atoms. The Bertz CT molecular complexity index is 409. The number of fused-ring (bicyclic) bond motifs is 1. The number of aliphatic hydroxyl groups is 1. The lowest BCUT2D eigenvalue weighted by Crippen LogP contribution is -2.36. The maximum atomic E-state index is 9.87. The summed E-state index contributed by atoms with van der Waals surface area (Å²) in [6, 6.07) is 5.85. The maximum absolute atomic E-state index is 9.87. The minimum atomic E-state index is -0.838. The number of hydrogen-bond donors (Lipinski definition) is 2. The van der Waals surface area contributed by atoms with Gasteiger partial charge >= 0.3 is 0 Å². The van der Waals surface area contributed by atoms with Crippen LogP contribution in [0.4, 0.5) is 0 Å². The van der Waals surface area contributed by atoms with Crippen molar-refractivity contribution in [3.05, 3.63) is 18.2 Å². The van der Waals surface area contributed by atoms with Gasteiger partial charge in [-0.15, -0.1) is 11.8 Å². The topological polar surface area (TPSA) is 64.7 Å². The first-order valence-corrected chi connectivity index (χ1v) is 7.04. The van der Waals surface area contributed by atoms with Crippen LogP contribution in [-0.2, 0) is 0 Å². The smallest absolute Gasteiger partial charge is 0.162 e. The van der Waals surface area contributed by atoms with Gasteiger partial charge in [-0.3, -0.25) is 0 Å². The zero-order valence-corrected chi connectivity index (χ0v) is 11.3. The highest BCUT2D eigenvalue weighted by Crippen LogP contribution is 2.34. The predicted molar refractivity (Wildman–Crippen MR) is 72.5 cm³/mol. The standard InChI is InChI=1S/C13H19NO3S/c1-13(15,8-14)9-18-10-3-4-11-12(7-10)17-6-2-5-16-11/h3-4,7,15H,2,5-6,8-9,14H2,1H3. The van der Waals surface area contributed by atoms with Crippen LogP contribution in [-0.4, -0.2) is 36.2 Å². The average Bonchev–Trinajstić information content (AvgIpc) is 2.61. The summed E-state index contributed by atoms with van der Waals surface area (Å²) in [5, 5.41) is 9.87. The van der Waals surface area contributed by atoms with Crippen molar-refractivity contribution in [1.82, 2.24) is 0 Å². The molecule has 1 unspecified atom stereocenters. The van der Waals surface area contributed by atoms with E-state index in [1.165, 1.54) is 0 Å². The van der Waals surface area contributed by atoms with E-state index >= 15 is 0 Å². The molecule has 1 aliphatic rings. The van der Waals surface area contributed by atoms with Crippen molar-refractivity contribution in [1.29, 1.82) is 0 Å². The molecule has 18 heavy (non-hydrogen) atoms. The summed E-state index contributed by atoms with van der Waals surface area (Å²) in [6.07, 6.45) is 0.902. The van der Waals surface area contributed by atoms with Crippen molar-refractivity contribution in [3.63, 3.8) is 0 Å². The Morgan fingerprint density at radius 2 is 2.06 bits per heavy atom. The molecule has 0 saturated carbocycles. The zero-order valence-electron chi connectivity index (χ0n) is 10.5. The largest absolute Gasteiger partial charge is 0.490 e. The van der Waals surface area contributed by atoms with Crippen molar-refractivity contribution in [2.45, 2.75) is 23.8 Å². The highest BCUT2D eigenvalue weighted by Gasteiger charge is 2.19. The van der Waals surface area contributed by atoms with Crippen LogP contribution in [0.15, 0.2) is 23.1 Å². The number of ether oxygens (including phenoxy) is 2. The number of rotatable bonds is 4. The number of thioether (sulfide) groups is 1. The van der Waals surface area contributed by atoms with Crippen molar-refractivity contribution >= 4 is 11.8 Å². The molecule has 0 aliphatic carbocycles. The van der Waals surface area contributed by atoms with Crippen LogP contribution in [0.3, 0.4) is 0 Å². The zero-order chi connectivity index (χ0) is 13.0. The Labute approximate surface area is 111 Å². The minimum absolute atomic E-state index is 0.255. The van der Waals surface area contributed by atoms with E-state index in [0.29, 0.717) is 19.0 Å². The molecule has 0 amide bonds. The minimum Gasteiger partial charge on any atom is -0.490 e. The van der Waals surface area contributed by atoms with Crippen LogP contribution >= 0.6 is 11.8 Å². The monoisotopic (exact) mass is 269 g/mol. The molecule has 0 aromatic heterocycles. The molecule has 1 heterocycles. The van der Waals surface area contributed by atoms with Crippen LogP contribution in [0.1, 0.15) is 13.3 Å². The number of hydrogen-bond acceptors (Lipinski definition) is 5. The van der Waals surface area contributed by atoms with E-state index < -0.39 is 5.60 Å². The van der Waals surface area contributed by atoms with E-state index in [4.69, 9.17) is 15.2 Å². The fraction of sp³-hybridized carbons (Fsp3) is 0.538. The molecular formula is C13H19NO3S. The van der Waals surface area contributed by atoms with Crippen molar-refractivity contribution in [2.24, 2.45) is 5.73 Å². The van der Waals surface area contributed by atoms with Crippen LogP contribution in [0.25, 0.3) is 0 Å². The molecule has 4 nitrogen and oxygen atoms in total. The van der Waals surface area contributed by atoms with E-state index in [1.807, 2.05) is 18.2 Å². The fourth-order valence-corrected chi connectivity index (χ4v) is 2.48. The van der Waals surface area contributed by atoms with E-state index in [2.05, 4.69) is 0 Å². The van der Waals surface area contributed by atoms with Gasteiger partial charge in [0.25, 0.3) is 0 Å². The molecule has 5 heteroatoms. The van der Waals surface area contributed by atoms with Crippen molar-refractivity contribution in [3.8, 4) is 11.5 Å². The summed E-state index contributed by atoms with van der Waals surface area (Å²) in [7, 11) is 0. The summed E-state index contributed by atoms with van der Waals surface area (Å²) in [5.41, 5.74) is 4.66. The second-order valence-electron chi connectivity index (χ2n) is 4.65. The van der Waals surface area contributed by atoms with E-state index in [0.717, 1.165) is 22.8 Å². The third-order valence-electron chi connectivity index (χ3n) is 2.71. The van der Waals surface area contributed by atoms with Gasteiger partial charge < -0.3 is 20.3 Å². The summed E-state index contributed by atoms with van der Waals surface area (Å²) in [6.45, 7) is 3.37. The lowest BCUT2D eigenvalue weighted by molar-refractivity contribution is 0.0949. The molecule has 0 radical (unpaired) electrons. The lowest BCUT2D eigenvalue weighted by atomic mass is 10.1. The van der Waals surface area contributed by atoms with Gasteiger partial charge in [0.15, 0.2) is 11.5 Å².